The third kappa shape index (κ3) is 5.66. The van der Waals surface area contributed by atoms with Gasteiger partial charge in [0, 0.05) is 21.7 Å². The van der Waals surface area contributed by atoms with E-state index in [0.29, 0.717) is 23.7 Å². The van der Waals surface area contributed by atoms with Gasteiger partial charge in [0.1, 0.15) is 23.1 Å². The van der Waals surface area contributed by atoms with Crippen molar-refractivity contribution in [1.82, 2.24) is 5.32 Å². The van der Waals surface area contributed by atoms with Crippen molar-refractivity contribution >= 4 is 40.1 Å². The predicted molar refractivity (Wildman–Crippen MR) is 140 cm³/mol. The van der Waals surface area contributed by atoms with Crippen molar-refractivity contribution in [1.29, 1.82) is 0 Å². The predicted octanol–water partition coefficient (Wildman–Crippen LogP) is 7.13. The number of furan rings is 1. The van der Waals surface area contributed by atoms with E-state index in [0.717, 1.165) is 58.9 Å². The number of aliphatic imine (C=N–C) groups is 1. The van der Waals surface area contributed by atoms with Crippen LogP contribution in [0.1, 0.15) is 50.5 Å². The topological polar surface area (TPSA) is 63.8 Å². The monoisotopic (exact) mass is 504 g/mol. The second-order valence-electron chi connectivity index (χ2n) is 8.36. The number of hydrogen-bond acceptors (Lipinski definition) is 5. The molecule has 0 spiro atoms. The quantitative estimate of drug-likeness (QED) is 0.259. The summed E-state index contributed by atoms with van der Waals surface area (Å²) in [7, 11) is 0. The first-order valence-corrected chi connectivity index (χ1v) is 12.8. The Morgan fingerprint density at radius 3 is 2.86 bits per heavy atom. The zero-order valence-electron chi connectivity index (χ0n) is 19.1. The molecule has 1 N–H and O–H groups in total. The maximum absolute atomic E-state index is 13.2. The van der Waals surface area contributed by atoms with Gasteiger partial charge in [-0.1, -0.05) is 41.9 Å². The van der Waals surface area contributed by atoms with Gasteiger partial charge in [-0.25, -0.2) is 4.99 Å². The Morgan fingerprint density at radius 2 is 2.00 bits per heavy atom. The van der Waals surface area contributed by atoms with E-state index in [1.165, 1.54) is 4.88 Å². The molecule has 0 unspecified atom stereocenters. The van der Waals surface area contributed by atoms with Gasteiger partial charge in [0.05, 0.1) is 18.4 Å². The maximum Gasteiger partial charge on any atom is 0.255 e. The van der Waals surface area contributed by atoms with Crippen molar-refractivity contribution in [2.45, 2.75) is 38.8 Å². The SMILES string of the molecule is O=C(NCc1ccco1)c1c(N=Cc2cccc(OCc3ccccc3Cl)c2)sc2c1CCCC2. The Labute approximate surface area is 213 Å². The van der Waals surface area contributed by atoms with Crippen molar-refractivity contribution < 1.29 is 13.9 Å². The Kier molecular flexibility index (Phi) is 7.31. The van der Waals surface area contributed by atoms with E-state index in [1.807, 2.05) is 60.7 Å². The molecule has 1 aliphatic rings. The first kappa shape index (κ1) is 23.4. The highest BCUT2D eigenvalue weighted by molar-refractivity contribution is 7.16. The normalized spacial score (nSPS) is 13.1. The number of fused-ring (bicyclic) bond motifs is 1. The Morgan fingerprint density at radius 1 is 1.11 bits per heavy atom. The molecule has 2 heterocycles. The third-order valence-corrected chi connectivity index (χ3v) is 7.49. The van der Waals surface area contributed by atoms with E-state index >= 15 is 0 Å². The second kappa shape index (κ2) is 10.9. The van der Waals surface area contributed by atoms with Crippen molar-refractivity contribution in [2.75, 3.05) is 0 Å². The van der Waals surface area contributed by atoms with Gasteiger partial charge in [0.2, 0.25) is 0 Å². The number of rotatable bonds is 8. The average molecular weight is 505 g/mol. The van der Waals surface area contributed by atoms with Gasteiger partial charge in [-0.05, 0) is 67.1 Å². The highest BCUT2D eigenvalue weighted by atomic mass is 35.5. The number of benzene rings is 2. The number of aryl methyl sites for hydroxylation is 1. The van der Waals surface area contributed by atoms with Crippen LogP contribution in [0.3, 0.4) is 0 Å². The van der Waals surface area contributed by atoms with Gasteiger partial charge in [-0.15, -0.1) is 11.3 Å². The summed E-state index contributed by atoms with van der Waals surface area (Å²) in [5.74, 6) is 1.35. The van der Waals surface area contributed by atoms with E-state index in [9.17, 15) is 4.79 Å². The molecule has 0 radical (unpaired) electrons. The number of carbonyl (C=O) groups is 1. The first-order valence-electron chi connectivity index (χ1n) is 11.6. The molecule has 0 fully saturated rings. The number of ether oxygens (including phenoxy) is 1. The molecule has 0 saturated carbocycles. The van der Waals surface area contributed by atoms with Gasteiger partial charge in [0.15, 0.2) is 0 Å². The van der Waals surface area contributed by atoms with Crippen LogP contribution in [0, 0.1) is 0 Å². The maximum atomic E-state index is 13.2. The number of thiophene rings is 1. The minimum atomic E-state index is -0.107. The van der Waals surface area contributed by atoms with Gasteiger partial charge in [-0.3, -0.25) is 4.79 Å². The summed E-state index contributed by atoms with van der Waals surface area (Å²) in [4.78, 5) is 19.2. The van der Waals surface area contributed by atoms with E-state index in [4.69, 9.17) is 25.7 Å². The highest BCUT2D eigenvalue weighted by Crippen LogP contribution is 2.40. The molecule has 35 heavy (non-hydrogen) atoms. The van der Waals surface area contributed by atoms with E-state index in [1.54, 1.807) is 23.8 Å². The zero-order chi connectivity index (χ0) is 24.0. The van der Waals surface area contributed by atoms with Crippen LogP contribution in [-0.4, -0.2) is 12.1 Å². The Hall–Kier alpha value is -3.35. The second-order valence-corrected chi connectivity index (χ2v) is 9.85. The van der Waals surface area contributed by atoms with Crippen LogP contribution >= 0.6 is 22.9 Å². The molecule has 4 aromatic rings. The van der Waals surface area contributed by atoms with Crippen molar-refractivity contribution in [2.24, 2.45) is 4.99 Å². The number of hydrogen-bond donors (Lipinski definition) is 1. The molecule has 5 rings (SSSR count). The molecule has 0 aliphatic heterocycles. The molecular formula is C28H25ClN2O3S. The molecule has 5 nitrogen and oxygen atoms in total. The van der Waals surface area contributed by atoms with Gasteiger partial charge >= 0.3 is 0 Å². The lowest BCUT2D eigenvalue weighted by Gasteiger charge is -2.12. The molecule has 7 heteroatoms. The van der Waals surface area contributed by atoms with Crippen LogP contribution in [0.2, 0.25) is 5.02 Å². The van der Waals surface area contributed by atoms with Crippen molar-refractivity contribution in [3.63, 3.8) is 0 Å². The lowest BCUT2D eigenvalue weighted by Crippen LogP contribution is -2.23. The fourth-order valence-electron chi connectivity index (χ4n) is 4.14. The van der Waals surface area contributed by atoms with Crippen molar-refractivity contribution in [3.8, 4) is 5.75 Å². The molecule has 0 saturated heterocycles. The van der Waals surface area contributed by atoms with Crippen LogP contribution in [0.15, 0.2) is 76.3 Å². The lowest BCUT2D eigenvalue weighted by molar-refractivity contribution is 0.0948. The molecule has 178 valence electrons. The standard InChI is InChI=1S/C28H25ClN2O3S/c29-24-12-3-1-8-20(24)18-34-21-9-5-7-19(15-21)16-31-28-26(23-11-2-4-13-25(23)35-28)27(32)30-17-22-10-6-14-33-22/h1,3,5-10,12,14-16H,2,4,11,13,17-18H2,(H,30,32). The van der Waals surface area contributed by atoms with Crippen molar-refractivity contribution in [3.05, 3.63) is 105 Å². The molecular weight excluding hydrogens is 480 g/mol. The average Bonchev–Trinajstić information content (AvgIpc) is 3.53. The summed E-state index contributed by atoms with van der Waals surface area (Å²) < 4.78 is 11.3. The summed E-state index contributed by atoms with van der Waals surface area (Å²) in [6.45, 7) is 0.738. The fraction of sp³-hybridized carbons (Fsp3) is 0.214. The molecule has 2 aromatic heterocycles. The third-order valence-electron chi connectivity index (χ3n) is 5.92. The van der Waals surface area contributed by atoms with Crippen LogP contribution < -0.4 is 10.1 Å². The molecule has 0 atom stereocenters. The number of amides is 1. The van der Waals surface area contributed by atoms with Gasteiger partial charge < -0.3 is 14.5 Å². The Balaban J connectivity index is 1.34. The summed E-state index contributed by atoms with van der Waals surface area (Å²) in [6, 6.07) is 19.1. The first-order chi connectivity index (χ1) is 17.2. The fourth-order valence-corrected chi connectivity index (χ4v) is 5.56. The minimum Gasteiger partial charge on any atom is -0.489 e. The zero-order valence-corrected chi connectivity index (χ0v) is 20.7. The van der Waals surface area contributed by atoms with Gasteiger partial charge in [-0.2, -0.15) is 0 Å². The van der Waals surface area contributed by atoms with Gasteiger partial charge in [0.25, 0.3) is 5.91 Å². The molecule has 0 bridgehead atoms. The van der Waals surface area contributed by atoms with Crippen LogP contribution in [-0.2, 0) is 26.0 Å². The highest BCUT2D eigenvalue weighted by Gasteiger charge is 2.25. The van der Waals surface area contributed by atoms with Crippen LogP contribution in [0.25, 0.3) is 0 Å². The summed E-state index contributed by atoms with van der Waals surface area (Å²) in [6.07, 6.45) is 7.56. The summed E-state index contributed by atoms with van der Waals surface area (Å²) in [5, 5.41) is 4.42. The van der Waals surface area contributed by atoms with E-state index < -0.39 is 0 Å². The van der Waals surface area contributed by atoms with E-state index in [-0.39, 0.29) is 5.91 Å². The lowest BCUT2D eigenvalue weighted by atomic mass is 9.95. The van der Waals surface area contributed by atoms with Crippen LogP contribution in [0.5, 0.6) is 5.75 Å². The van der Waals surface area contributed by atoms with E-state index in [2.05, 4.69) is 5.32 Å². The summed E-state index contributed by atoms with van der Waals surface area (Å²) in [5.41, 5.74) is 3.67. The van der Waals surface area contributed by atoms with Crippen LogP contribution in [0.4, 0.5) is 5.00 Å². The number of nitrogens with zero attached hydrogens (tertiary/aromatic N) is 1. The molecule has 1 amide bonds. The number of nitrogens with one attached hydrogen (secondary N) is 1. The number of halogens is 1. The molecule has 1 aliphatic carbocycles. The summed E-state index contributed by atoms with van der Waals surface area (Å²) >= 11 is 7.85. The number of carbonyl (C=O) groups excluding carboxylic acids is 1. The largest absolute Gasteiger partial charge is 0.489 e. The molecule has 2 aromatic carbocycles. The Bertz CT molecular complexity index is 1340. The minimum absolute atomic E-state index is 0.107. The smallest absolute Gasteiger partial charge is 0.255 e.